The van der Waals surface area contributed by atoms with Gasteiger partial charge in [0.05, 0.1) is 6.04 Å². The molecule has 0 spiro atoms. The van der Waals surface area contributed by atoms with Gasteiger partial charge in [0.2, 0.25) is 5.91 Å². The molecule has 5 nitrogen and oxygen atoms in total. The number of likely N-dealkylation sites (tertiary alicyclic amines) is 1. The van der Waals surface area contributed by atoms with Gasteiger partial charge in [-0.15, -0.1) is 0 Å². The van der Waals surface area contributed by atoms with Crippen LogP contribution in [0.15, 0.2) is 0 Å². The second kappa shape index (κ2) is 5.80. The van der Waals surface area contributed by atoms with Crippen molar-refractivity contribution in [1.82, 2.24) is 20.4 Å². The summed E-state index contributed by atoms with van der Waals surface area (Å²) < 4.78 is 0. The predicted molar refractivity (Wildman–Crippen MR) is 67.9 cm³/mol. The molecule has 2 atom stereocenters. The zero-order chi connectivity index (χ0) is 12.3. The molecule has 17 heavy (non-hydrogen) atoms. The van der Waals surface area contributed by atoms with Crippen LogP contribution in [0, 0.1) is 0 Å². The van der Waals surface area contributed by atoms with Crippen LogP contribution in [-0.2, 0) is 4.79 Å². The normalized spacial score (nSPS) is 30.5. The van der Waals surface area contributed by atoms with Gasteiger partial charge < -0.3 is 20.4 Å². The van der Waals surface area contributed by atoms with E-state index in [9.17, 15) is 4.79 Å². The van der Waals surface area contributed by atoms with Crippen molar-refractivity contribution >= 4 is 5.91 Å². The van der Waals surface area contributed by atoms with Gasteiger partial charge in [0.15, 0.2) is 0 Å². The molecular formula is C12H24N4O. The quantitative estimate of drug-likeness (QED) is 0.671. The summed E-state index contributed by atoms with van der Waals surface area (Å²) in [6.45, 7) is 4.61. The number of hydrogen-bond acceptors (Lipinski definition) is 4. The molecule has 2 saturated heterocycles. The molecule has 2 fully saturated rings. The van der Waals surface area contributed by atoms with Crippen molar-refractivity contribution in [3.05, 3.63) is 0 Å². The summed E-state index contributed by atoms with van der Waals surface area (Å²) in [4.78, 5) is 16.4. The first-order valence-corrected chi connectivity index (χ1v) is 6.58. The van der Waals surface area contributed by atoms with Gasteiger partial charge in [0.25, 0.3) is 0 Å². The Balaban J connectivity index is 1.81. The van der Waals surface area contributed by atoms with Crippen LogP contribution in [0.4, 0.5) is 0 Å². The highest BCUT2D eigenvalue weighted by Crippen LogP contribution is 2.15. The Morgan fingerprint density at radius 3 is 2.88 bits per heavy atom. The van der Waals surface area contributed by atoms with E-state index in [0.717, 1.165) is 32.7 Å². The summed E-state index contributed by atoms with van der Waals surface area (Å²) in [5, 5.41) is 6.52. The minimum absolute atomic E-state index is 0.0412. The van der Waals surface area contributed by atoms with Gasteiger partial charge >= 0.3 is 0 Å². The monoisotopic (exact) mass is 240 g/mol. The summed E-state index contributed by atoms with van der Waals surface area (Å²) in [5.41, 5.74) is 0. The maximum atomic E-state index is 12.2. The van der Waals surface area contributed by atoms with Gasteiger partial charge in [-0.25, -0.2) is 0 Å². The molecule has 2 rings (SSSR count). The Bertz CT molecular complexity index is 265. The summed E-state index contributed by atoms with van der Waals surface area (Å²) >= 11 is 0. The summed E-state index contributed by atoms with van der Waals surface area (Å²) in [5.74, 6) is 0.220. The van der Waals surface area contributed by atoms with Crippen LogP contribution in [0.2, 0.25) is 0 Å². The first-order valence-electron chi connectivity index (χ1n) is 6.58. The molecule has 0 aliphatic carbocycles. The highest BCUT2D eigenvalue weighted by Gasteiger charge is 2.27. The van der Waals surface area contributed by atoms with Crippen LogP contribution < -0.4 is 10.6 Å². The van der Waals surface area contributed by atoms with E-state index in [1.807, 2.05) is 11.9 Å². The number of amides is 1. The third-order valence-corrected chi connectivity index (χ3v) is 3.87. The Hall–Kier alpha value is -0.650. The molecule has 2 aliphatic rings. The third kappa shape index (κ3) is 3.18. The summed E-state index contributed by atoms with van der Waals surface area (Å²) in [7, 11) is 4.07. The summed E-state index contributed by atoms with van der Waals surface area (Å²) in [6.07, 6.45) is 2.47. The van der Waals surface area contributed by atoms with Crippen molar-refractivity contribution in [2.75, 3.05) is 46.8 Å². The Kier molecular flexibility index (Phi) is 4.36. The van der Waals surface area contributed by atoms with Crippen molar-refractivity contribution in [1.29, 1.82) is 0 Å². The smallest absolute Gasteiger partial charge is 0.240 e. The molecule has 2 heterocycles. The number of carbonyl (C=O) groups is 1. The second-order valence-corrected chi connectivity index (χ2v) is 5.21. The highest BCUT2D eigenvalue weighted by atomic mass is 16.2. The van der Waals surface area contributed by atoms with E-state index in [1.165, 1.54) is 12.8 Å². The lowest BCUT2D eigenvalue weighted by atomic mass is 10.1. The van der Waals surface area contributed by atoms with Gasteiger partial charge in [-0.1, -0.05) is 0 Å². The zero-order valence-corrected chi connectivity index (χ0v) is 10.9. The van der Waals surface area contributed by atoms with Crippen molar-refractivity contribution in [2.45, 2.75) is 24.9 Å². The van der Waals surface area contributed by atoms with Crippen LogP contribution in [-0.4, -0.2) is 74.6 Å². The minimum Gasteiger partial charge on any atom is -0.343 e. The fourth-order valence-electron chi connectivity index (χ4n) is 2.71. The SMILES string of the molecule is CN(CC1CCCN1C)C(=O)C1CNCCN1. The minimum atomic E-state index is -0.0412. The number of rotatable bonds is 3. The van der Waals surface area contributed by atoms with E-state index >= 15 is 0 Å². The number of likely N-dealkylation sites (N-methyl/N-ethyl adjacent to an activating group) is 2. The van der Waals surface area contributed by atoms with Crippen LogP contribution >= 0.6 is 0 Å². The number of nitrogens with zero attached hydrogens (tertiary/aromatic N) is 2. The number of nitrogens with one attached hydrogen (secondary N) is 2. The highest BCUT2D eigenvalue weighted by molar-refractivity contribution is 5.82. The molecule has 0 aromatic rings. The average molecular weight is 240 g/mol. The maximum absolute atomic E-state index is 12.2. The molecule has 0 bridgehead atoms. The Morgan fingerprint density at radius 1 is 1.47 bits per heavy atom. The van der Waals surface area contributed by atoms with Gasteiger partial charge in [-0.05, 0) is 26.4 Å². The predicted octanol–water partition coefficient (Wildman–Crippen LogP) is -0.900. The number of piperazine rings is 1. The molecular weight excluding hydrogens is 216 g/mol. The number of carbonyl (C=O) groups excluding carboxylic acids is 1. The van der Waals surface area contributed by atoms with Crippen molar-refractivity contribution in [3.63, 3.8) is 0 Å². The van der Waals surface area contributed by atoms with Gasteiger partial charge in [-0.3, -0.25) is 4.79 Å². The van der Waals surface area contributed by atoms with Crippen LogP contribution in [0.3, 0.4) is 0 Å². The lowest BCUT2D eigenvalue weighted by Crippen LogP contribution is -2.57. The second-order valence-electron chi connectivity index (χ2n) is 5.21. The summed E-state index contributed by atoms with van der Waals surface area (Å²) in [6, 6.07) is 0.501. The first kappa shape index (κ1) is 12.8. The number of hydrogen-bond donors (Lipinski definition) is 2. The first-order chi connectivity index (χ1) is 8.18. The lowest BCUT2D eigenvalue weighted by molar-refractivity contribution is -0.132. The van der Waals surface area contributed by atoms with Crippen LogP contribution in [0.25, 0.3) is 0 Å². The van der Waals surface area contributed by atoms with Crippen molar-refractivity contribution in [2.24, 2.45) is 0 Å². The molecule has 98 valence electrons. The lowest BCUT2D eigenvalue weighted by Gasteiger charge is -2.31. The Labute approximate surface area is 104 Å². The third-order valence-electron chi connectivity index (χ3n) is 3.87. The van der Waals surface area contributed by atoms with Crippen LogP contribution in [0.1, 0.15) is 12.8 Å². The van der Waals surface area contributed by atoms with E-state index in [0.29, 0.717) is 6.04 Å². The van der Waals surface area contributed by atoms with Crippen LogP contribution in [0.5, 0.6) is 0 Å². The van der Waals surface area contributed by atoms with Crippen molar-refractivity contribution < 1.29 is 4.79 Å². The molecule has 2 unspecified atom stereocenters. The van der Waals surface area contributed by atoms with E-state index in [4.69, 9.17) is 0 Å². The standard InChI is InChI=1S/C12H24N4O/c1-15-7-3-4-10(15)9-16(2)12(17)11-8-13-5-6-14-11/h10-11,13-14H,3-9H2,1-2H3. The fourth-order valence-corrected chi connectivity index (χ4v) is 2.71. The molecule has 0 radical (unpaired) electrons. The molecule has 0 saturated carbocycles. The Morgan fingerprint density at radius 2 is 2.29 bits per heavy atom. The molecule has 1 amide bonds. The molecule has 5 heteroatoms. The topological polar surface area (TPSA) is 47.6 Å². The van der Waals surface area contributed by atoms with E-state index in [2.05, 4.69) is 22.6 Å². The van der Waals surface area contributed by atoms with E-state index in [1.54, 1.807) is 0 Å². The fraction of sp³-hybridized carbons (Fsp3) is 0.917. The largest absolute Gasteiger partial charge is 0.343 e. The van der Waals surface area contributed by atoms with Gasteiger partial charge in [-0.2, -0.15) is 0 Å². The zero-order valence-electron chi connectivity index (χ0n) is 10.9. The van der Waals surface area contributed by atoms with E-state index in [-0.39, 0.29) is 11.9 Å². The van der Waals surface area contributed by atoms with Crippen molar-refractivity contribution in [3.8, 4) is 0 Å². The molecule has 0 aromatic heterocycles. The average Bonchev–Trinajstić information content (AvgIpc) is 2.75. The van der Waals surface area contributed by atoms with Gasteiger partial charge in [0.1, 0.15) is 0 Å². The van der Waals surface area contributed by atoms with E-state index < -0.39 is 0 Å². The molecule has 2 N–H and O–H groups in total. The van der Waals surface area contributed by atoms with Gasteiger partial charge in [0, 0.05) is 39.3 Å². The maximum Gasteiger partial charge on any atom is 0.240 e. The molecule has 0 aromatic carbocycles. The molecule has 2 aliphatic heterocycles.